The Hall–Kier alpha value is -2.65. The van der Waals surface area contributed by atoms with Crippen molar-refractivity contribution >= 4 is 39.1 Å². The molecular weight excluding hydrogens is 457 g/mol. The molecule has 1 atom stereocenters. The van der Waals surface area contributed by atoms with Gasteiger partial charge < -0.3 is 10.2 Å². The molecule has 0 aliphatic rings. The number of carbonyl (C=O) groups is 2. The molecule has 7 nitrogen and oxygen atoms in total. The molecule has 2 rings (SSSR count). The normalized spacial score (nSPS) is 12.2. The van der Waals surface area contributed by atoms with Crippen molar-refractivity contribution in [3.05, 3.63) is 64.9 Å². The third kappa shape index (κ3) is 6.67. The quantitative estimate of drug-likeness (QED) is 0.562. The molecule has 2 aromatic rings. The first kappa shape index (κ1) is 25.6. The van der Waals surface area contributed by atoms with Gasteiger partial charge in [-0.3, -0.25) is 13.9 Å². The van der Waals surface area contributed by atoms with Gasteiger partial charge in [-0.25, -0.2) is 12.8 Å². The second-order valence-electron chi connectivity index (χ2n) is 7.19. The molecule has 0 aliphatic heterocycles. The minimum Gasteiger partial charge on any atom is -0.355 e. The van der Waals surface area contributed by atoms with Crippen molar-refractivity contribution in [2.75, 3.05) is 23.7 Å². The zero-order valence-corrected chi connectivity index (χ0v) is 19.8. The lowest BCUT2D eigenvalue weighted by Crippen LogP contribution is -2.52. The van der Waals surface area contributed by atoms with Crippen LogP contribution in [0.5, 0.6) is 0 Å². The van der Waals surface area contributed by atoms with E-state index in [0.717, 1.165) is 12.3 Å². The Morgan fingerprint density at radius 3 is 2.25 bits per heavy atom. The van der Waals surface area contributed by atoms with Crippen molar-refractivity contribution in [3.8, 4) is 0 Å². The number of rotatable bonds is 10. The number of para-hydroxylation sites is 1. The molecular formula is C22H27ClFN3O4S. The molecule has 0 aliphatic carbocycles. The van der Waals surface area contributed by atoms with Crippen LogP contribution in [0, 0.1) is 5.82 Å². The van der Waals surface area contributed by atoms with Crippen LogP contribution in [0.2, 0.25) is 5.02 Å². The standard InChI is InChI=1S/C22H27ClFN3O4S/c1-4-19(22(29)25-5-2)26(14-16-10-12-17(23)13-11-16)21(28)15-27(32(3,30)31)20-9-7-6-8-18(20)24/h6-13,19H,4-5,14-15H2,1-3H3,(H,25,29)/t19-/m0/s1. The summed E-state index contributed by atoms with van der Waals surface area (Å²) < 4.78 is 39.9. The smallest absolute Gasteiger partial charge is 0.244 e. The van der Waals surface area contributed by atoms with Gasteiger partial charge in [-0.2, -0.15) is 0 Å². The summed E-state index contributed by atoms with van der Waals surface area (Å²) in [5.41, 5.74) is 0.475. The summed E-state index contributed by atoms with van der Waals surface area (Å²) in [6, 6.07) is 11.2. The van der Waals surface area contributed by atoms with E-state index < -0.39 is 34.3 Å². The van der Waals surface area contributed by atoms with E-state index in [1.807, 2.05) is 0 Å². The van der Waals surface area contributed by atoms with Gasteiger partial charge in [-0.1, -0.05) is 42.8 Å². The number of sulfonamides is 1. The first-order valence-electron chi connectivity index (χ1n) is 10.1. The molecule has 2 amide bonds. The Kier molecular flexibility index (Phi) is 9.03. The number of hydrogen-bond acceptors (Lipinski definition) is 4. The van der Waals surface area contributed by atoms with E-state index in [0.29, 0.717) is 27.9 Å². The molecule has 0 aromatic heterocycles. The molecule has 0 saturated heterocycles. The fourth-order valence-electron chi connectivity index (χ4n) is 3.25. The van der Waals surface area contributed by atoms with Crippen LogP contribution in [0.15, 0.2) is 48.5 Å². The van der Waals surface area contributed by atoms with Crippen LogP contribution in [0.4, 0.5) is 10.1 Å². The average Bonchev–Trinajstić information content (AvgIpc) is 2.73. The number of anilines is 1. The maximum absolute atomic E-state index is 14.4. The minimum atomic E-state index is -3.98. The molecule has 1 N–H and O–H groups in total. The van der Waals surface area contributed by atoms with Gasteiger partial charge in [0.05, 0.1) is 11.9 Å². The molecule has 0 heterocycles. The summed E-state index contributed by atoms with van der Waals surface area (Å²) >= 11 is 5.94. The van der Waals surface area contributed by atoms with Gasteiger partial charge in [0, 0.05) is 18.1 Å². The number of halogens is 2. The molecule has 10 heteroatoms. The van der Waals surface area contributed by atoms with Crippen molar-refractivity contribution in [1.29, 1.82) is 0 Å². The molecule has 0 radical (unpaired) electrons. The highest BCUT2D eigenvalue weighted by Gasteiger charge is 2.32. The monoisotopic (exact) mass is 483 g/mol. The SMILES string of the molecule is CCNC(=O)[C@H](CC)N(Cc1ccc(Cl)cc1)C(=O)CN(c1ccccc1F)S(C)(=O)=O. The van der Waals surface area contributed by atoms with E-state index in [4.69, 9.17) is 11.6 Å². The van der Waals surface area contributed by atoms with Gasteiger partial charge in [0.1, 0.15) is 18.4 Å². The van der Waals surface area contributed by atoms with Crippen LogP contribution in [-0.2, 0) is 26.2 Å². The maximum atomic E-state index is 14.4. The zero-order chi connectivity index (χ0) is 23.9. The topological polar surface area (TPSA) is 86.8 Å². The lowest BCUT2D eigenvalue weighted by atomic mass is 10.1. The van der Waals surface area contributed by atoms with Gasteiger partial charge in [0.25, 0.3) is 0 Å². The summed E-state index contributed by atoms with van der Waals surface area (Å²) in [4.78, 5) is 27.3. The summed E-state index contributed by atoms with van der Waals surface area (Å²) in [7, 11) is -3.98. The Morgan fingerprint density at radius 2 is 1.72 bits per heavy atom. The van der Waals surface area contributed by atoms with E-state index >= 15 is 0 Å². The van der Waals surface area contributed by atoms with E-state index in [9.17, 15) is 22.4 Å². The molecule has 0 saturated carbocycles. The first-order chi connectivity index (χ1) is 15.1. The first-order valence-corrected chi connectivity index (χ1v) is 12.3. The average molecular weight is 484 g/mol. The third-order valence-electron chi connectivity index (χ3n) is 4.80. The highest BCUT2D eigenvalue weighted by Crippen LogP contribution is 2.23. The molecule has 32 heavy (non-hydrogen) atoms. The lowest BCUT2D eigenvalue weighted by molar-refractivity contribution is -0.140. The Balaban J connectivity index is 2.43. The number of amides is 2. The summed E-state index contributed by atoms with van der Waals surface area (Å²) in [6.07, 6.45) is 1.21. The summed E-state index contributed by atoms with van der Waals surface area (Å²) in [5, 5.41) is 3.22. The number of nitrogens with zero attached hydrogens (tertiary/aromatic N) is 2. The zero-order valence-electron chi connectivity index (χ0n) is 18.2. The fraction of sp³-hybridized carbons (Fsp3) is 0.364. The van der Waals surface area contributed by atoms with Gasteiger partial charge in [-0.15, -0.1) is 0 Å². The van der Waals surface area contributed by atoms with Crippen LogP contribution >= 0.6 is 11.6 Å². The van der Waals surface area contributed by atoms with Crippen LogP contribution in [0.3, 0.4) is 0 Å². The van der Waals surface area contributed by atoms with Gasteiger partial charge in [0.2, 0.25) is 21.8 Å². The van der Waals surface area contributed by atoms with E-state index in [2.05, 4.69) is 5.32 Å². The van der Waals surface area contributed by atoms with Crippen LogP contribution in [-0.4, -0.2) is 50.5 Å². The largest absolute Gasteiger partial charge is 0.355 e. The van der Waals surface area contributed by atoms with Crippen molar-refractivity contribution in [1.82, 2.24) is 10.2 Å². The Morgan fingerprint density at radius 1 is 1.09 bits per heavy atom. The summed E-state index contributed by atoms with van der Waals surface area (Å²) in [6.45, 7) is 3.31. The number of benzene rings is 2. The number of carbonyl (C=O) groups excluding carboxylic acids is 2. The van der Waals surface area contributed by atoms with E-state index in [1.54, 1.807) is 38.1 Å². The minimum absolute atomic E-state index is 0.0561. The predicted molar refractivity (Wildman–Crippen MR) is 123 cm³/mol. The molecule has 0 unspecified atom stereocenters. The summed E-state index contributed by atoms with van der Waals surface area (Å²) in [5.74, 6) is -1.76. The predicted octanol–water partition coefficient (Wildman–Crippen LogP) is 3.19. The molecule has 0 fully saturated rings. The molecule has 174 valence electrons. The molecule has 0 spiro atoms. The van der Waals surface area contributed by atoms with Gasteiger partial charge in [-0.05, 0) is 43.2 Å². The van der Waals surface area contributed by atoms with Crippen LogP contribution in [0.25, 0.3) is 0 Å². The van der Waals surface area contributed by atoms with Crippen molar-refractivity contribution in [2.24, 2.45) is 0 Å². The van der Waals surface area contributed by atoms with Gasteiger partial charge in [0.15, 0.2) is 0 Å². The van der Waals surface area contributed by atoms with E-state index in [1.165, 1.54) is 23.1 Å². The Bertz CT molecular complexity index is 1050. The van der Waals surface area contributed by atoms with Crippen molar-refractivity contribution in [2.45, 2.75) is 32.9 Å². The van der Waals surface area contributed by atoms with E-state index in [-0.39, 0.29) is 18.1 Å². The van der Waals surface area contributed by atoms with Gasteiger partial charge >= 0.3 is 0 Å². The highest BCUT2D eigenvalue weighted by atomic mass is 35.5. The number of hydrogen-bond donors (Lipinski definition) is 1. The van der Waals surface area contributed by atoms with Crippen LogP contribution in [0.1, 0.15) is 25.8 Å². The van der Waals surface area contributed by atoms with Crippen molar-refractivity contribution < 1.29 is 22.4 Å². The molecule has 2 aromatic carbocycles. The maximum Gasteiger partial charge on any atom is 0.244 e. The third-order valence-corrected chi connectivity index (χ3v) is 6.18. The second-order valence-corrected chi connectivity index (χ2v) is 9.53. The number of likely N-dealkylation sites (N-methyl/N-ethyl adjacent to an activating group) is 1. The molecule has 0 bridgehead atoms. The number of nitrogens with one attached hydrogen (secondary N) is 1. The lowest BCUT2D eigenvalue weighted by Gasteiger charge is -2.32. The highest BCUT2D eigenvalue weighted by molar-refractivity contribution is 7.92. The van der Waals surface area contributed by atoms with Crippen molar-refractivity contribution in [3.63, 3.8) is 0 Å². The van der Waals surface area contributed by atoms with Crippen LogP contribution < -0.4 is 9.62 Å². The Labute approximate surface area is 193 Å². The fourth-order valence-corrected chi connectivity index (χ4v) is 4.22. The second kappa shape index (κ2) is 11.3.